The molecule has 0 aromatic carbocycles. The maximum atomic E-state index is 12.7. The number of carbonyl (C=O) groups excluding carboxylic acids is 4. The second kappa shape index (κ2) is 15.1. The van der Waals surface area contributed by atoms with Crippen molar-refractivity contribution in [3.8, 4) is 0 Å². The molecule has 0 aromatic rings. The molecule has 4 amide bonds. The van der Waals surface area contributed by atoms with Gasteiger partial charge in [-0.25, -0.2) is 4.79 Å². The van der Waals surface area contributed by atoms with Gasteiger partial charge in [0.15, 0.2) is 0 Å². The van der Waals surface area contributed by atoms with Crippen LogP contribution >= 0.6 is 11.8 Å². The number of nitrogens with two attached hydrogens (primary N) is 2. The van der Waals surface area contributed by atoms with E-state index in [9.17, 15) is 33.9 Å². The van der Waals surface area contributed by atoms with Crippen molar-refractivity contribution in [1.29, 1.82) is 0 Å². The van der Waals surface area contributed by atoms with Crippen LogP contribution in [0.3, 0.4) is 0 Å². The van der Waals surface area contributed by atoms with E-state index in [1.807, 2.05) is 0 Å². The van der Waals surface area contributed by atoms with Crippen LogP contribution in [0.5, 0.6) is 0 Å². The van der Waals surface area contributed by atoms with Crippen LogP contribution in [-0.4, -0.2) is 82.0 Å². The van der Waals surface area contributed by atoms with Crippen LogP contribution in [0.2, 0.25) is 0 Å². The van der Waals surface area contributed by atoms with Crippen LogP contribution in [0, 0.1) is 5.92 Å². The van der Waals surface area contributed by atoms with Gasteiger partial charge in [0.05, 0.1) is 18.9 Å². The van der Waals surface area contributed by atoms with Crippen molar-refractivity contribution in [2.75, 3.05) is 12.0 Å². The zero-order valence-electron chi connectivity index (χ0n) is 18.8. The van der Waals surface area contributed by atoms with E-state index in [0.29, 0.717) is 12.2 Å². The molecule has 0 fully saturated rings. The molecule has 0 radical (unpaired) electrons. The Labute approximate surface area is 195 Å². The second-order valence-electron chi connectivity index (χ2n) is 7.48. The van der Waals surface area contributed by atoms with Crippen LogP contribution < -0.4 is 27.4 Å². The molecule has 0 aliphatic rings. The van der Waals surface area contributed by atoms with Crippen molar-refractivity contribution in [2.24, 2.45) is 17.4 Å². The summed E-state index contributed by atoms with van der Waals surface area (Å²) < 4.78 is 0. The molecule has 0 heterocycles. The molecule has 13 nitrogen and oxygen atoms in total. The summed E-state index contributed by atoms with van der Waals surface area (Å²) in [5, 5.41) is 25.0. The van der Waals surface area contributed by atoms with E-state index >= 15 is 0 Å². The fourth-order valence-electron chi connectivity index (χ4n) is 2.61. The lowest BCUT2D eigenvalue weighted by Gasteiger charge is -2.25. The van der Waals surface area contributed by atoms with Gasteiger partial charge in [-0.1, -0.05) is 20.3 Å². The highest BCUT2D eigenvalue weighted by Crippen LogP contribution is 2.07. The molecule has 33 heavy (non-hydrogen) atoms. The first kappa shape index (κ1) is 30.1. The maximum absolute atomic E-state index is 12.7. The average molecular weight is 492 g/mol. The van der Waals surface area contributed by atoms with Gasteiger partial charge in [-0.2, -0.15) is 11.8 Å². The van der Waals surface area contributed by atoms with E-state index in [2.05, 4.69) is 16.0 Å². The van der Waals surface area contributed by atoms with Gasteiger partial charge in [0, 0.05) is 0 Å². The van der Waals surface area contributed by atoms with Crippen LogP contribution in [-0.2, 0) is 28.8 Å². The fraction of sp³-hybridized carbons (Fsp3) is 0.684. The molecule has 0 rings (SSSR count). The molecule has 188 valence electrons. The number of carbonyl (C=O) groups is 6. The van der Waals surface area contributed by atoms with E-state index < -0.39 is 72.6 Å². The number of carboxylic acid groups (broad SMARTS) is 2. The Balaban J connectivity index is 5.54. The number of hydrogen-bond acceptors (Lipinski definition) is 8. The Morgan fingerprint density at radius 3 is 1.79 bits per heavy atom. The number of aliphatic carboxylic acids is 2. The SMILES string of the molecule is CCC(C)C(N)C(=O)NC(CC(=O)O)C(=O)NC(CC(N)=O)C(=O)NC(CCSC)C(=O)O. The fourth-order valence-corrected chi connectivity index (χ4v) is 3.08. The van der Waals surface area contributed by atoms with Crippen molar-refractivity contribution in [3.05, 3.63) is 0 Å². The smallest absolute Gasteiger partial charge is 0.326 e. The van der Waals surface area contributed by atoms with Gasteiger partial charge in [-0.05, 0) is 24.3 Å². The van der Waals surface area contributed by atoms with Crippen LogP contribution in [0.1, 0.15) is 39.5 Å². The van der Waals surface area contributed by atoms with Gasteiger partial charge in [0.25, 0.3) is 0 Å². The number of nitrogens with one attached hydrogen (secondary N) is 3. The van der Waals surface area contributed by atoms with Crippen molar-refractivity contribution < 1.29 is 39.0 Å². The molecule has 9 N–H and O–H groups in total. The highest BCUT2D eigenvalue weighted by Gasteiger charge is 2.32. The van der Waals surface area contributed by atoms with Crippen LogP contribution in [0.15, 0.2) is 0 Å². The molecular weight excluding hydrogens is 458 g/mol. The molecule has 0 aromatic heterocycles. The molecule has 5 atom stereocenters. The normalized spacial score (nSPS) is 15.3. The molecule has 0 aliphatic heterocycles. The topological polar surface area (TPSA) is 231 Å². The largest absolute Gasteiger partial charge is 0.481 e. The van der Waals surface area contributed by atoms with Gasteiger partial charge in [-0.3, -0.25) is 24.0 Å². The molecule has 0 aliphatic carbocycles. The second-order valence-corrected chi connectivity index (χ2v) is 8.47. The Hall–Kier alpha value is -2.87. The molecule has 0 bridgehead atoms. The lowest BCUT2D eigenvalue weighted by molar-refractivity contribution is -0.143. The minimum absolute atomic E-state index is 0.0880. The summed E-state index contributed by atoms with van der Waals surface area (Å²) in [6, 6.07) is -5.46. The number of carboxylic acids is 2. The highest BCUT2D eigenvalue weighted by atomic mass is 32.2. The number of primary amides is 1. The minimum atomic E-state index is -1.60. The van der Waals surface area contributed by atoms with Crippen LogP contribution in [0.25, 0.3) is 0 Å². The van der Waals surface area contributed by atoms with Gasteiger partial charge >= 0.3 is 11.9 Å². The van der Waals surface area contributed by atoms with E-state index in [-0.39, 0.29) is 12.3 Å². The Kier molecular flexibility index (Phi) is 13.7. The number of hydrogen-bond donors (Lipinski definition) is 7. The summed E-state index contributed by atoms with van der Waals surface area (Å²) in [7, 11) is 0. The summed E-state index contributed by atoms with van der Waals surface area (Å²) in [6.07, 6.45) is 0.909. The number of thioether (sulfide) groups is 1. The van der Waals surface area contributed by atoms with E-state index in [1.165, 1.54) is 11.8 Å². The summed E-state index contributed by atoms with van der Waals surface area (Å²) in [4.78, 5) is 71.5. The van der Waals surface area contributed by atoms with Gasteiger partial charge in [0.2, 0.25) is 23.6 Å². The monoisotopic (exact) mass is 491 g/mol. The zero-order valence-corrected chi connectivity index (χ0v) is 19.6. The Bertz CT molecular complexity index is 735. The third-order valence-corrected chi connectivity index (χ3v) is 5.48. The first-order valence-electron chi connectivity index (χ1n) is 10.2. The number of amides is 4. The predicted octanol–water partition coefficient (Wildman–Crippen LogP) is -2.00. The molecule has 0 saturated carbocycles. The van der Waals surface area contributed by atoms with E-state index in [4.69, 9.17) is 16.6 Å². The predicted molar refractivity (Wildman–Crippen MR) is 120 cm³/mol. The summed E-state index contributed by atoms with van der Waals surface area (Å²) in [5.74, 6) is -6.34. The molecule has 5 unspecified atom stereocenters. The van der Waals surface area contributed by atoms with Gasteiger partial charge in [0.1, 0.15) is 18.1 Å². The van der Waals surface area contributed by atoms with Crippen LogP contribution in [0.4, 0.5) is 0 Å². The van der Waals surface area contributed by atoms with Crippen molar-refractivity contribution in [2.45, 2.75) is 63.7 Å². The minimum Gasteiger partial charge on any atom is -0.481 e. The lowest BCUT2D eigenvalue weighted by atomic mass is 9.99. The average Bonchev–Trinajstić information content (AvgIpc) is 2.73. The molecule has 14 heteroatoms. The highest BCUT2D eigenvalue weighted by molar-refractivity contribution is 7.98. The molecule has 0 saturated heterocycles. The Morgan fingerprint density at radius 1 is 0.879 bits per heavy atom. The van der Waals surface area contributed by atoms with Crippen molar-refractivity contribution in [3.63, 3.8) is 0 Å². The van der Waals surface area contributed by atoms with E-state index in [0.717, 1.165) is 0 Å². The summed E-state index contributed by atoms with van der Waals surface area (Å²) in [5.41, 5.74) is 10.9. The third kappa shape index (κ3) is 11.5. The standard InChI is InChI=1S/C19H33N5O8S/c1-4-9(2)15(21)18(30)24-12(8-14(26)27)17(29)23-11(7-13(20)25)16(28)22-10(19(31)32)5-6-33-3/h9-12,15H,4-8,21H2,1-3H3,(H2,20,25)(H,22,28)(H,23,29)(H,24,30)(H,26,27)(H,31,32). The molecule has 0 spiro atoms. The lowest BCUT2D eigenvalue weighted by Crippen LogP contribution is -2.58. The van der Waals surface area contributed by atoms with Gasteiger partial charge in [-0.15, -0.1) is 0 Å². The number of rotatable bonds is 16. The quantitative estimate of drug-likeness (QED) is 0.125. The van der Waals surface area contributed by atoms with Crippen molar-refractivity contribution in [1.82, 2.24) is 16.0 Å². The first-order chi connectivity index (χ1) is 15.3. The summed E-state index contributed by atoms with van der Waals surface area (Å²) in [6.45, 7) is 3.51. The van der Waals surface area contributed by atoms with E-state index in [1.54, 1.807) is 20.1 Å². The van der Waals surface area contributed by atoms with Gasteiger partial charge < -0.3 is 37.6 Å². The Morgan fingerprint density at radius 2 is 1.36 bits per heavy atom. The summed E-state index contributed by atoms with van der Waals surface area (Å²) >= 11 is 1.36. The molecular formula is C19H33N5O8S. The third-order valence-electron chi connectivity index (χ3n) is 4.83. The van der Waals surface area contributed by atoms with Crippen molar-refractivity contribution >= 4 is 47.3 Å². The first-order valence-corrected chi connectivity index (χ1v) is 11.6. The zero-order chi connectivity index (χ0) is 25.7. The maximum Gasteiger partial charge on any atom is 0.326 e.